The molecule has 0 spiro atoms. The first-order chi connectivity index (χ1) is 16.9. The van der Waals surface area contributed by atoms with E-state index < -0.39 is 0 Å². The van der Waals surface area contributed by atoms with Crippen molar-refractivity contribution in [3.63, 3.8) is 0 Å². The number of allylic oxidation sites excluding steroid dienone is 2. The van der Waals surface area contributed by atoms with Gasteiger partial charge in [-0.05, 0) is 71.8 Å². The Kier molecular flexibility index (Phi) is 8.74. The number of rotatable bonds is 6. The van der Waals surface area contributed by atoms with Crippen molar-refractivity contribution in [2.75, 3.05) is 0 Å². The molecule has 0 amide bonds. The molecule has 0 aliphatic carbocycles. The highest BCUT2D eigenvalue weighted by Crippen LogP contribution is 2.14. The second-order valence-corrected chi connectivity index (χ2v) is 7.49. The molecule has 0 heterocycles. The first kappa shape index (κ1) is 24.7. The summed E-state index contributed by atoms with van der Waals surface area (Å²) in [7, 11) is 0. The molecule has 4 aromatic carbocycles. The molecule has 0 fully saturated rings. The number of aromatic hydroxyl groups is 3. The fourth-order valence-corrected chi connectivity index (χ4v) is 2.94. The van der Waals surface area contributed by atoms with E-state index in [2.05, 4.69) is 0 Å². The molecule has 0 bridgehead atoms. The Labute approximate surface area is 203 Å². The van der Waals surface area contributed by atoms with E-state index >= 15 is 0 Å². The number of ketones is 2. The van der Waals surface area contributed by atoms with Crippen LogP contribution in [0.25, 0.3) is 12.2 Å². The van der Waals surface area contributed by atoms with Gasteiger partial charge in [-0.3, -0.25) is 9.59 Å². The van der Waals surface area contributed by atoms with E-state index in [0.29, 0.717) is 11.1 Å². The molecule has 4 rings (SSSR count). The molecule has 35 heavy (non-hydrogen) atoms. The first-order valence-electron chi connectivity index (χ1n) is 10.8. The van der Waals surface area contributed by atoms with E-state index in [-0.39, 0.29) is 28.8 Å². The van der Waals surface area contributed by atoms with Gasteiger partial charge in [0.2, 0.25) is 0 Å². The fraction of sp³-hybridized carbons (Fsp3) is 0. The molecule has 0 saturated heterocycles. The van der Waals surface area contributed by atoms with Crippen LogP contribution in [0.1, 0.15) is 31.8 Å². The van der Waals surface area contributed by atoms with Gasteiger partial charge in [0.05, 0.1) is 0 Å². The van der Waals surface area contributed by atoms with Crippen LogP contribution in [0.2, 0.25) is 0 Å². The van der Waals surface area contributed by atoms with Crippen LogP contribution >= 0.6 is 0 Å². The van der Waals surface area contributed by atoms with Crippen LogP contribution in [0.4, 0.5) is 0 Å². The zero-order chi connectivity index (χ0) is 25.0. The molecule has 0 unspecified atom stereocenters. The van der Waals surface area contributed by atoms with Crippen molar-refractivity contribution in [1.29, 1.82) is 0 Å². The molecule has 4 aromatic rings. The van der Waals surface area contributed by atoms with Gasteiger partial charge in [0.15, 0.2) is 11.6 Å². The number of hydrogen-bond acceptors (Lipinski definition) is 5. The van der Waals surface area contributed by atoms with Gasteiger partial charge in [-0.15, -0.1) is 0 Å². The second-order valence-electron chi connectivity index (χ2n) is 7.49. The van der Waals surface area contributed by atoms with Crippen molar-refractivity contribution >= 4 is 23.7 Å². The van der Waals surface area contributed by atoms with E-state index in [1.807, 2.05) is 18.2 Å². The molecule has 0 radical (unpaired) electrons. The summed E-state index contributed by atoms with van der Waals surface area (Å²) < 4.78 is 0. The molecule has 0 aliphatic rings. The lowest BCUT2D eigenvalue weighted by molar-refractivity contribution is 0.103. The SMILES string of the molecule is O=C(C=Cc1ccc(O)cc1)c1ccc(O)cc1.O=C(C=Cc1ccc(O)cc1)c1ccccc1. The van der Waals surface area contributed by atoms with Crippen LogP contribution in [0.3, 0.4) is 0 Å². The maximum Gasteiger partial charge on any atom is 0.185 e. The average molecular weight is 465 g/mol. The highest BCUT2D eigenvalue weighted by Gasteiger charge is 2.01. The Morgan fingerprint density at radius 3 is 1.20 bits per heavy atom. The van der Waals surface area contributed by atoms with Crippen molar-refractivity contribution in [1.82, 2.24) is 0 Å². The van der Waals surface area contributed by atoms with E-state index in [4.69, 9.17) is 15.3 Å². The summed E-state index contributed by atoms with van der Waals surface area (Å²) in [4.78, 5) is 23.5. The van der Waals surface area contributed by atoms with Gasteiger partial charge in [0.1, 0.15) is 17.2 Å². The second kappa shape index (κ2) is 12.4. The van der Waals surface area contributed by atoms with Gasteiger partial charge in [0.25, 0.3) is 0 Å². The molecule has 5 nitrogen and oxygen atoms in total. The quantitative estimate of drug-likeness (QED) is 0.230. The van der Waals surface area contributed by atoms with Crippen LogP contribution in [0.5, 0.6) is 17.2 Å². The maximum atomic E-state index is 11.8. The molecule has 3 N–H and O–H groups in total. The number of carbonyl (C=O) groups is 2. The smallest absolute Gasteiger partial charge is 0.185 e. The van der Waals surface area contributed by atoms with Crippen LogP contribution in [-0.2, 0) is 0 Å². The highest BCUT2D eigenvalue weighted by atomic mass is 16.3. The summed E-state index contributed by atoms with van der Waals surface area (Å²) in [5.74, 6) is 0.379. The lowest BCUT2D eigenvalue weighted by Gasteiger charge is -1.97. The van der Waals surface area contributed by atoms with Gasteiger partial charge >= 0.3 is 0 Å². The number of carbonyl (C=O) groups excluding carboxylic acids is 2. The van der Waals surface area contributed by atoms with Gasteiger partial charge in [-0.2, -0.15) is 0 Å². The summed E-state index contributed by atoms with van der Waals surface area (Å²) in [5, 5.41) is 27.4. The van der Waals surface area contributed by atoms with E-state index in [1.165, 1.54) is 24.3 Å². The normalized spacial score (nSPS) is 10.6. The molecule has 174 valence electrons. The number of phenolic OH excluding ortho intramolecular Hbond substituents is 3. The number of hydrogen-bond donors (Lipinski definition) is 3. The third-order valence-electron chi connectivity index (χ3n) is 4.85. The fourth-order valence-electron chi connectivity index (χ4n) is 2.94. The van der Waals surface area contributed by atoms with Crippen molar-refractivity contribution in [3.8, 4) is 17.2 Å². The summed E-state index contributed by atoms with van der Waals surface area (Å²) in [5.41, 5.74) is 2.90. The predicted molar refractivity (Wildman–Crippen MR) is 137 cm³/mol. The highest BCUT2D eigenvalue weighted by molar-refractivity contribution is 6.07. The van der Waals surface area contributed by atoms with Crippen molar-refractivity contribution < 1.29 is 24.9 Å². The number of benzene rings is 4. The molecule has 0 saturated carbocycles. The van der Waals surface area contributed by atoms with Gasteiger partial charge < -0.3 is 15.3 Å². The van der Waals surface area contributed by atoms with E-state index in [1.54, 1.807) is 84.9 Å². The predicted octanol–water partition coefficient (Wildman–Crippen LogP) is 6.28. The molecular weight excluding hydrogens is 440 g/mol. The Hall–Kier alpha value is -4.90. The summed E-state index contributed by atoms with van der Waals surface area (Å²) >= 11 is 0. The Balaban J connectivity index is 0.000000196. The lowest BCUT2D eigenvalue weighted by Crippen LogP contribution is -1.92. The maximum absolute atomic E-state index is 11.8. The zero-order valence-corrected chi connectivity index (χ0v) is 18.8. The standard InChI is InChI=1S/C15H12O3.C15H12O2/c16-13-6-1-11(2-7-13)3-10-15(18)12-4-8-14(17)9-5-12;16-14-9-6-12(7-10-14)8-11-15(17)13-4-2-1-3-5-13/h1-10,16-17H;1-11,16H. The molecule has 5 heteroatoms. The Bertz CT molecular complexity index is 1300. The van der Waals surface area contributed by atoms with Crippen LogP contribution in [0.15, 0.2) is 115 Å². The monoisotopic (exact) mass is 464 g/mol. The zero-order valence-electron chi connectivity index (χ0n) is 18.8. The van der Waals surface area contributed by atoms with Gasteiger partial charge in [0, 0.05) is 11.1 Å². The Morgan fingerprint density at radius 2 is 0.800 bits per heavy atom. The van der Waals surface area contributed by atoms with Crippen molar-refractivity contribution in [3.05, 3.63) is 138 Å². The van der Waals surface area contributed by atoms with Gasteiger partial charge in [-0.1, -0.05) is 66.7 Å². The molecule has 0 atom stereocenters. The first-order valence-corrected chi connectivity index (χ1v) is 10.8. The minimum Gasteiger partial charge on any atom is -0.508 e. The lowest BCUT2D eigenvalue weighted by atomic mass is 10.1. The minimum atomic E-state index is -0.136. The van der Waals surface area contributed by atoms with E-state index in [0.717, 1.165) is 11.1 Å². The third-order valence-corrected chi connectivity index (χ3v) is 4.85. The molecular formula is C30H24O5. The van der Waals surface area contributed by atoms with Crippen LogP contribution in [0, 0.1) is 0 Å². The largest absolute Gasteiger partial charge is 0.508 e. The molecule has 0 aliphatic heterocycles. The van der Waals surface area contributed by atoms with Gasteiger partial charge in [-0.25, -0.2) is 0 Å². The third kappa shape index (κ3) is 8.18. The van der Waals surface area contributed by atoms with Crippen molar-refractivity contribution in [2.24, 2.45) is 0 Å². The topological polar surface area (TPSA) is 94.8 Å². The summed E-state index contributed by atoms with van der Waals surface area (Å²) in [6.45, 7) is 0. The van der Waals surface area contributed by atoms with Crippen LogP contribution < -0.4 is 0 Å². The molecule has 0 aromatic heterocycles. The van der Waals surface area contributed by atoms with E-state index in [9.17, 15) is 9.59 Å². The van der Waals surface area contributed by atoms with Crippen molar-refractivity contribution in [2.45, 2.75) is 0 Å². The minimum absolute atomic E-state index is 0.0290. The average Bonchev–Trinajstić information content (AvgIpc) is 2.89. The Morgan fingerprint density at radius 1 is 0.457 bits per heavy atom. The summed E-state index contributed by atoms with van der Waals surface area (Å²) in [6.07, 6.45) is 6.39. The summed E-state index contributed by atoms with van der Waals surface area (Å²) in [6, 6.07) is 28.4. The number of phenols is 3. The van der Waals surface area contributed by atoms with Crippen LogP contribution in [-0.4, -0.2) is 26.9 Å².